The van der Waals surface area contributed by atoms with E-state index in [1.54, 1.807) is 6.07 Å². The predicted octanol–water partition coefficient (Wildman–Crippen LogP) is 1.77. The van der Waals surface area contributed by atoms with Gasteiger partial charge in [0.1, 0.15) is 5.75 Å². The summed E-state index contributed by atoms with van der Waals surface area (Å²) < 4.78 is 31.9. The lowest BCUT2D eigenvalue weighted by Gasteiger charge is -2.12. The van der Waals surface area contributed by atoms with Gasteiger partial charge in [0, 0.05) is 12.6 Å². The highest BCUT2D eigenvalue weighted by molar-refractivity contribution is 7.89. The summed E-state index contributed by atoms with van der Waals surface area (Å²) >= 11 is 5.95. The van der Waals surface area contributed by atoms with Gasteiger partial charge in [-0.2, -0.15) is 0 Å². The van der Waals surface area contributed by atoms with E-state index in [9.17, 15) is 8.42 Å². The van der Waals surface area contributed by atoms with Gasteiger partial charge in [-0.1, -0.05) is 11.6 Å². The zero-order valence-electron chi connectivity index (χ0n) is 11.4. The molecule has 1 saturated heterocycles. The van der Waals surface area contributed by atoms with Crippen LogP contribution in [0.3, 0.4) is 0 Å². The molecule has 0 spiro atoms. The van der Waals surface area contributed by atoms with Crippen molar-refractivity contribution < 1.29 is 13.2 Å². The first-order valence-electron chi connectivity index (χ1n) is 6.59. The summed E-state index contributed by atoms with van der Waals surface area (Å²) in [6.45, 7) is 1.44. The number of hydrogen-bond acceptors (Lipinski definition) is 4. The number of nitrogens with one attached hydrogen (secondary N) is 2. The Bertz CT molecular complexity index is 557. The quantitative estimate of drug-likeness (QED) is 0.839. The van der Waals surface area contributed by atoms with E-state index < -0.39 is 10.0 Å². The first kappa shape index (κ1) is 15.6. The monoisotopic (exact) mass is 318 g/mol. The maximum absolute atomic E-state index is 12.1. The maximum Gasteiger partial charge on any atom is 0.240 e. The van der Waals surface area contributed by atoms with Gasteiger partial charge in [-0.05, 0) is 44.0 Å². The number of sulfonamides is 1. The molecule has 1 aliphatic heterocycles. The molecule has 7 heteroatoms. The average molecular weight is 319 g/mol. The molecule has 2 rings (SSSR count). The number of rotatable bonds is 6. The average Bonchev–Trinajstić information content (AvgIpc) is 2.91. The lowest BCUT2D eigenvalue weighted by atomic mass is 10.2. The summed E-state index contributed by atoms with van der Waals surface area (Å²) in [5.74, 6) is 0.459. The first-order chi connectivity index (χ1) is 9.53. The van der Waals surface area contributed by atoms with Crippen LogP contribution in [0.1, 0.15) is 19.3 Å². The lowest BCUT2D eigenvalue weighted by Crippen LogP contribution is -2.30. The van der Waals surface area contributed by atoms with Gasteiger partial charge in [0.15, 0.2) is 0 Å². The molecule has 5 nitrogen and oxygen atoms in total. The van der Waals surface area contributed by atoms with Gasteiger partial charge in [0.2, 0.25) is 10.0 Å². The Morgan fingerprint density at radius 2 is 2.30 bits per heavy atom. The zero-order chi connectivity index (χ0) is 14.6. The minimum atomic E-state index is -3.52. The van der Waals surface area contributed by atoms with Crippen molar-refractivity contribution in [2.24, 2.45) is 0 Å². The second-order valence-electron chi connectivity index (χ2n) is 4.78. The van der Waals surface area contributed by atoms with Gasteiger partial charge in [0.05, 0.1) is 17.0 Å². The van der Waals surface area contributed by atoms with Crippen LogP contribution >= 0.6 is 11.6 Å². The van der Waals surface area contributed by atoms with Gasteiger partial charge in [-0.15, -0.1) is 0 Å². The fourth-order valence-electron chi connectivity index (χ4n) is 2.27. The van der Waals surface area contributed by atoms with E-state index in [2.05, 4.69) is 10.0 Å². The van der Waals surface area contributed by atoms with Crippen molar-refractivity contribution in [1.29, 1.82) is 0 Å². The van der Waals surface area contributed by atoms with Gasteiger partial charge in [-0.3, -0.25) is 0 Å². The van der Waals surface area contributed by atoms with E-state index in [0.29, 0.717) is 18.3 Å². The van der Waals surface area contributed by atoms with E-state index in [-0.39, 0.29) is 9.92 Å². The van der Waals surface area contributed by atoms with Crippen molar-refractivity contribution in [1.82, 2.24) is 10.0 Å². The molecule has 20 heavy (non-hydrogen) atoms. The Hall–Kier alpha value is -0.820. The van der Waals surface area contributed by atoms with E-state index in [4.69, 9.17) is 16.3 Å². The van der Waals surface area contributed by atoms with Crippen LogP contribution < -0.4 is 14.8 Å². The van der Waals surface area contributed by atoms with E-state index in [1.807, 2.05) is 0 Å². The number of ether oxygens (including phenoxy) is 1. The van der Waals surface area contributed by atoms with Crippen LogP contribution in [0.5, 0.6) is 5.75 Å². The predicted molar refractivity (Wildman–Crippen MR) is 78.8 cm³/mol. The van der Waals surface area contributed by atoms with Crippen LogP contribution in [0.4, 0.5) is 0 Å². The lowest BCUT2D eigenvalue weighted by molar-refractivity contribution is 0.414. The van der Waals surface area contributed by atoms with Gasteiger partial charge in [0.25, 0.3) is 0 Å². The minimum Gasteiger partial charge on any atom is -0.495 e. The highest BCUT2D eigenvalue weighted by atomic mass is 35.5. The third-order valence-electron chi connectivity index (χ3n) is 3.38. The smallest absolute Gasteiger partial charge is 0.240 e. The molecule has 0 amide bonds. The molecule has 1 aromatic rings. The molecule has 0 saturated carbocycles. The summed E-state index contributed by atoms with van der Waals surface area (Å²) in [7, 11) is -2.03. The van der Waals surface area contributed by atoms with Crippen molar-refractivity contribution in [2.45, 2.75) is 30.2 Å². The third-order valence-corrected chi connectivity index (χ3v) is 5.13. The molecule has 1 atom stereocenters. The molecule has 1 fully saturated rings. The van der Waals surface area contributed by atoms with Crippen LogP contribution in [0.15, 0.2) is 23.1 Å². The molecule has 0 radical (unpaired) electrons. The van der Waals surface area contributed by atoms with Crippen LogP contribution in [-0.4, -0.2) is 34.7 Å². The second-order valence-corrected chi connectivity index (χ2v) is 6.95. The zero-order valence-corrected chi connectivity index (χ0v) is 12.9. The standard InChI is InChI=1S/C13H19ClN2O3S/c1-19-13-5-4-11(9-12(13)14)20(17,18)16-8-6-10-3-2-7-15-10/h4-5,9-10,15-16H,2-3,6-8H2,1H3/t10-/m1/s1. The SMILES string of the molecule is COc1ccc(S(=O)(=O)NCC[C@H]2CCCN2)cc1Cl. The Morgan fingerprint density at radius 3 is 2.90 bits per heavy atom. The van der Waals surface area contributed by atoms with Crippen LogP contribution in [-0.2, 0) is 10.0 Å². The Labute approximate surface area is 124 Å². The number of halogens is 1. The van der Waals surface area contributed by atoms with Crippen molar-refractivity contribution in [3.8, 4) is 5.75 Å². The van der Waals surface area contributed by atoms with E-state index >= 15 is 0 Å². The fourth-order valence-corrected chi connectivity index (χ4v) is 3.66. The van der Waals surface area contributed by atoms with Crippen molar-refractivity contribution in [2.75, 3.05) is 20.2 Å². The second kappa shape index (κ2) is 6.76. The Balaban J connectivity index is 1.96. The largest absolute Gasteiger partial charge is 0.495 e. The fraction of sp³-hybridized carbons (Fsp3) is 0.538. The summed E-state index contributed by atoms with van der Waals surface area (Å²) in [4.78, 5) is 0.155. The molecule has 0 bridgehead atoms. The molecule has 2 N–H and O–H groups in total. The van der Waals surface area contributed by atoms with Crippen LogP contribution in [0.2, 0.25) is 5.02 Å². The number of methoxy groups -OCH3 is 1. The van der Waals surface area contributed by atoms with Crippen molar-refractivity contribution in [3.63, 3.8) is 0 Å². The third kappa shape index (κ3) is 3.85. The summed E-state index contributed by atoms with van der Waals surface area (Å²) in [6.07, 6.45) is 3.06. The normalized spacial score (nSPS) is 19.2. The summed E-state index contributed by atoms with van der Waals surface area (Å²) in [6, 6.07) is 4.85. The molecule has 1 aromatic carbocycles. The molecule has 0 unspecified atom stereocenters. The van der Waals surface area contributed by atoms with Crippen LogP contribution in [0, 0.1) is 0 Å². The molecular formula is C13H19ClN2O3S. The van der Waals surface area contributed by atoms with E-state index in [1.165, 1.54) is 19.2 Å². The molecule has 1 aliphatic rings. The molecule has 0 aromatic heterocycles. The topological polar surface area (TPSA) is 67.4 Å². The first-order valence-corrected chi connectivity index (χ1v) is 8.45. The maximum atomic E-state index is 12.1. The molecule has 1 heterocycles. The highest BCUT2D eigenvalue weighted by Gasteiger charge is 2.18. The Kier molecular flexibility index (Phi) is 5.26. The number of hydrogen-bond donors (Lipinski definition) is 2. The van der Waals surface area contributed by atoms with Gasteiger partial charge >= 0.3 is 0 Å². The molecule has 112 valence electrons. The van der Waals surface area contributed by atoms with Gasteiger partial charge < -0.3 is 10.1 Å². The van der Waals surface area contributed by atoms with Crippen LogP contribution in [0.25, 0.3) is 0 Å². The minimum absolute atomic E-state index is 0.155. The summed E-state index contributed by atoms with van der Waals surface area (Å²) in [5.41, 5.74) is 0. The summed E-state index contributed by atoms with van der Waals surface area (Å²) in [5, 5.41) is 3.62. The van der Waals surface area contributed by atoms with Crippen molar-refractivity contribution in [3.05, 3.63) is 23.2 Å². The molecular weight excluding hydrogens is 300 g/mol. The van der Waals surface area contributed by atoms with Crippen molar-refractivity contribution >= 4 is 21.6 Å². The van der Waals surface area contributed by atoms with Gasteiger partial charge in [-0.25, -0.2) is 13.1 Å². The molecule has 0 aliphatic carbocycles. The Morgan fingerprint density at radius 1 is 1.50 bits per heavy atom. The highest BCUT2D eigenvalue weighted by Crippen LogP contribution is 2.26. The van der Waals surface area contributed by atoms with E-state index in [0.717, 1.165) is 25.8 Å². The number of benzene rings is 1.